The first-order valence-electron chi connectivity index (χ1n) is 9.33. The normalized spacial score (nSPS) is 15.0. The summed E-state index contributed by atoms with van der Waals surface area (Å²) in [6.45, 7) is 3.61. The van der Waals surface area contributed by atoms with E-state index < -0.39 is 0 Å². The van der Waals surface area contributed by atoms with E-state index in [1.54, 1.807) is 44.6 Å². The van der Waals surface area contributed by atoms with Crippen LogP contribution in [-0.2, 0) is 4.79 Å². The minimum Gasteiger partial charge on any atom is -0.497 e. The van der Waals surface area contributed by atoms with Gasteiger partial charge in [0.05, 0.1) is 20.8 Å². The van der Waals surface area contributed by atoms with Gasteiger partial charge in [-0.25, -0.2) is 4.39 Å². The van der Waals surface area contributed by atoms with Gasteiger partial charge in [-0.1, -0.05) is 0 Å². The highest BCUT2D eigenvalue weighted by atomic mass is 19.1. The zero-order valence-electron chi connectivity index (χ0n) is 16.3. The number of nitrogens with zero attached hydrogens (tertiary/aromatic N) is 2. The summed E-state index contributed by atoms with van der Waals surface area (Å²) in [4.78, 5) is 16.9. The second-order valence-electron chi connectivity index (χ2n) is 6.74. The van der Waals surface area contributed by atoms with Gasteiger partial charge in [0.25, 0.3) is 0 Å². The van der Waals surface area contributed by atoms with Gasteiger partial charge in [0.15, 0.2) is 0 Å². The molecule has 0 aromatic heterocycles. The van der Waals surface area contributed by atoms with E-state index in [0.717, 1.165) is 38.3 Å². The molecule has 150 valence electrons. The molecule has 28 heavy (non-hydrogen) atoms. The molecule has 1 saturated heterocycles. The zero-order valence-corrected chi connectivity index (χ0v) is 16.3. The first kappa shape index (κ1) is 19.9. The maximum Gasteiger partial charge on any atom is 0.238 e. The number of methoxy groups -OCH3 is 2. The van der Waals surface area contributed by atoms with Crippen molar-refractivity contribution in [3.63, 3.8) is 0 Å². The maximum atomic E-state index is 13.1. The van der Waals surface area contributed by atoms with Gasteiger partial charge in [0, 0.05) is 55.8 Å². The molecule has 0 radical (unpaired) electrons. The van der Waals surface area contributed by atoms with Crippen molar-refractivity contribution in [2.24, 2.45) is 0 Å². The Balaban J connectivity index is 1.55. The third-order valence-electron chi connectivity index (χ3n) is 4.78. The molecule has 1 heterocycles. The van der Waals surface area contributed by atoms with Crippen molar-refractivity contribution in [3.05, 3.63) is 48.3 Å². The maximum absolute atomic E-state index is 13.1. The van der Waals surface area contributed by atoms with Crippen molar-refractivity contribution in [1.82, 2.24) is 4.90 Å². The van der Waals surface area contributed by atoms with Crippen LogP contribution in [0.3, 0.4) is 0 Å². The standard InChI is InChI=1S/C21H26FN3O3/c1-27-19-12-17(13-20(14-19)28-2)23-21(26)15-24-8-3-9-25(11-10-24)18-6-4-16(22)5-7-18/h4-7,12-14H,3,8-11,15H2,1-2H3,(H,23,26). The van der Waals surface area contributed by atoms with E-state index in [2.05, 4.69) is 15.1 Å². The molecule has 1 aliphatic heterocycles. The summed E-state index contributed by atoms with van der Waals surface area (Å²) < 4.78 is 23.6. The Hall–Kier alpha value is -2.80. The van der Waals surface area contributed by atoms with E-state index in [-0.39, 0.29) is 11.7 Å². The van der Waals surface area contributed by atoms with Gasteiger partial charge in [-0.2, -0.15) is 0 Å². The molecule has 2 aromatic carbocycles. The van der Waals surface area contributed by atoms with Crippen LogP contribution in [0.15, 0.2) is 42.5 Å². The number of hydrogen-bond acceptors (Lipinski definition) is 5. The Morgan fingerprint density at radius 3 is 2.32 bits per heavy atom. The minimum atomic E-state index is -0.231. The van der Waals surface area contributed by atoms with Gasteiger partial charge < -0.3 is 19.7 Å². The van der Waals surface area contributed by atoms with Crippen LogP contribution in [0.25, 0.3) is 0 Å². The molecular weight excluding hydrogens is 361 g/mol. The van der Waals surface area contributed by atoms with Crippen molar-refractivity contribution >= 4 is 17.3 Å². The van der Waals surface area contributed by atoms with Gasteiger partial charge in [-0.05, 0) is 30.7 Å². The molecule has 0 unspecified atom stereocenters. The summed E-state index contributed by atoms with van der Waals surface area (Å²) in [6, 6.07) is 11.8. The number of benzene rings is 2. The van der Waals surface area contributed by atoms with Crippen molar-refractivity contribution in [2.75, 3.05) is 57.2 Å². The average molecular weight is 387 g/mol. The SMILES string of the molecule is COc1cc(NC(=O)CN2CCCN(c3ccc(F)cc3)CC2)cc(OC)c1. The quantitative estimate of drug-likeness (QED) is 0.826. The number of ether oxygens (including phenoxy) is 2. The van der Waals surface area contributed by atoms with Crippen molar-refractivity contribution in [1.29, 1.82) is 0 Å². The number of nitrogens with one attached hydrogen (secondary N) is 1. The predicted octanol–water partition coefficient (Wildman–Crippen LogP) is 2.99. The number of rotatable bonds is 6. The fraction of sp³-hybridized carbons (Fsp3) is 0.381. The van der Waals surface area contributed by atoms with Crippen LogP contribution >= 0.6 is 0 Å². The number of anilines is 2. The molecule has 1 N–H and O–H groups in total. The lowest BCUT2D eigenvalue weighted by atomic mass is 10.2. The first-order chi connectivity index (χ1) is 13.6. The van der Waals surface area contributed by atoms with Crippen LogP contribution < -0.4 is 19.7 Å². The van der Waals surface area contributed by atoms with E-state index in [1.165, 1.54) is 12.1 Å². The van der Waals surface area contributed by atoms with Crippen molar-refractivity contribution in [3.8, 4) is 11.5 Å². The lowest BCUT2D eigenvalue weighted by Crippen LogP contribution is -2.36. The molecule has 0 spiro atoms. The van der Waals surface area contributed by atoms with Gasteiger partial charge in [0.1, 0.15) is 17.3 Å². The molecule has 1 amide bonds. The third-order valence-corrected chi connectivity index (χ3v) is 4.78. The van der Waals surface area contributed by atoms with Gasteiger partial charge in [-0.15, -0.1) is 0 Å². The Labute approximate surface area is 164 Å². The molecule has 0 saturated carbocycles. The van der Waals surface area contributed by atoms with Gasteiger partial charge in [-0.3, -0.25) is 9.69 Å². The first-order valence-corrected chi connectivity index (χ1v) is 9.33. The number of hydrogen-bond donors (Lipinski definition) is 1. The largest absolute Gasteiger partial charge is 0.497 e. The van der Waals surface area contributed by atoms with E-state index in [0.29, 0.717) is 23.7 Å². The van der Waals surface area contributed by atoms with Crippen molar-refractivity contribution < 1.29 is 18.7 Å². The molecule has 0 atom stereocenters. The monoisotopic (exact) mass is 387 g/mol. The summed E-state index contributed by atoms with van der Waals surface area (Å²) in [7, 11) is 3.15. The summed E-state index contributed by atoms with van der Waals surface area (Å²) in [5, 5.41) is 2.91. The lowest BCUT2D eigenvalue weighted by Gasteiger charge is -2.23. The predicted molar refractivity (Wildman–Crippen MR) is 108 cm³/mol. The fourth-order valence-corrected chi connectivity index (χ4v) is 3.32. The van der Waals surface area contributed by atoms with Gasteiger partial charge >= 0.3 is 0 Å². The summed E-state index contributed by atoms with van der Waals surface area (Å²) >= 11 is 0. The van der Waals surface area contributed by atoms with E-state index in [9.17, 15) is 9.18 Å². The molecule has 1 aliphatic rings. The second-order valence-corrected chi connectivity index (χ2v) is 6.74. The van der Waals surface area contributed by atoms with Crippen LogP contribution in [0.4, 0.5) is 15.8 Å². The average Bonchev–Trinajstić information content (AvgIpc) is 2.93. The molecule has 3 rings (SSSR count). The number of carbonyl (C=O) groups excluding carboxylic acids is 1. The Morgan fingerprint density at radius 1 is 1.00 bits per heavy atom. The lowest BCUT2D eigenvalue weighted by molar-refractivity contribution is -0.117. The third kappa shape index (κ3) is 5.36. The molecule has 6 nitrogen and oxygen atoms in total. The Kier molecular flexibility index (Phi) is 6.71. The van der Waals surface area contributed by atoms with Crippen LogP contribution in [0, 0.1) is 5.82 Å². The van der Waals surface area contributed by atoms with E-state index in [1.807, 2.05) is 0 Å². The minimum absolute atomic E-state index is 0.0782. The highest BCUT2D eigenvalue weighted by Crippen LogP contribution is 2.25. The highest BCUT2D eigenvalue weighted by molar-refractivity contribution is 5.92. The van der Waals surface area contributed by atoms with Gasteiger partial charge in [0.2, 0.25) is 5.91 Å². The molecule has 1 fully saturated rings. The summed E-state index contributed by atoms with van der Waals surface area (Å²) in [5.74, 6) is 0.940. The number of halogens is 1. The molecule has 0 bridgehead atoms. The van der Waals surface area contributed by atoms with Crippen LogP contribution in [0.1, 0.15) is 6.42 Å². The Bertz CT molecular complexity index is 776. The van der Waals surface area contributed by atoms with Crippen LogP contribution in [-0.4, -0.2) is 57.8 Å². The number of amides is 1. The summed E-state index contributed by atoms with van der Waals surface area (Å²) in [6.07, 6.45) is 0.942. The highest BCUT2D eigenvalue weighted by Gasteiger charge is 2.18. The zero-order chi connectivity index (χ0) is 19.9. The smallest absolute Gasteiger partial charge is 0.238 e. The molecule has 0 aliphatic carbocycles. The number of carbonyl (C=O) groups is 1. The van der Waals surface area contributed by atoms with E-state index >= 15 is 0 Å². The van der Waals surface area contributed by atoms with Crippen LogP contribution in [0.5, 0.6) is 11.5 Å². The second kappa shape index (κ2) is 9.41. The van der Waals surface area contributed by atoms with Crippen molar-refractivity contribution in [2.45, 2.75) is 6.42 Å². The summed E-state index contributed by atoms with van der Waals surface area (Å²) in [5.41, 5.74) is 1.65. The molecular formula is C21H26FN3O3. The topological polar surface area (TPSA) is 54.0 Å². The van der Waals surface area contributed by atoms with E-state index in [4.69, 9.17) is 9.47 Å². The molecule has 7 heteroatoms. The van der Waals surface area contributed by atoms with Crippen LogP contribution in [0.2, 0.25) is 0 Å². The molecule has 2 aromatic rings. The Morgan fingerprint density at radius 2 is 1.68 bits per heavy atom. The fourth-order valence-electron chi connectivity index (χ4n) is 3.32.